The summed E-state index contributed by atoms with van der Waals surface area (Å²) in [5.74, 6) is 1.14. The van der Waals surface area contributed by atoms with Crippen molar-refractivity contribution >= 4 is 23.4 Å². The zero-order valence-corrected chi connectivity index (χ0v) is 18.0. The zero-order chi connectivity index (χ0) is 21.6. The SMILES string of the molecule is COc1ccc(N2CCN(C(=O)CCSc3nnnn3-c3cccc(F)c3)CC2)cc1. The molecule has 2 aromatic carbocycles. The Kier molecular flexibility index (Phi) is 6.66. The molecule has 0 saturated carbocycles. The summed E-state index contributed by atoms with van der Waals surface area (Å²) in [4.78, 5) is 16.8. The molecule has 0 unspecified atom stereocenters. The fourth-order valence-corrected chi connectivity index (χ4v) is 4.25. The third-order valence-corrected chi connectivity index (χ3v) is 6.03. The number of thioether (sulfide) groups is 1. The van der Waals surface area contributed by atoms with Gasteiger partial charge in [0.15, 0.2) is 0 Å². The Morgan fingerprint density at radius 3 is 2.58 bits per heavy atom. The number of carbonyl (C=O) groups excluding carboxylic acids is 1. The second-order valence-corrected chi connectivity index (χ2v) is 8.08. The van der Waals surface area contributed by atoms with Crippen LogP contribution in [-0.4, -0.2) is 70.1 Å². The normalized spacial score (nSPS) is 14.0. The van der Waals surface area contributed by atoms with E-state index in [9.17, 15) is 9.18 Å². The molecule has 31 heavy (non-hydrogen) atoms. The van der Waals surface area contributed by atoms with E-state index in [1.54, 1.807) is 19.2 Å². The van der Waals surface area contributed by atoms with Gasteiger partial charge in [-0.2, -0.15) is 4.68 Å². The van der Waals surface area contributed by atoms with Crippen molar-refractivity contribution in [3.63, 3.8) is 0 Å². The minimum Gasteiger partial charge on any atom is -0.497 e. The molecule has 1 aliphatic rings. The van der Waals surface area contributed by atoms with Crippen LogP contribution >= 0.6 is 11.8 Å². The molecule has 8 nitrogen and oxygen atoms in total. The lowest BCUT2D eigenvalue weighted by Gasteiger charge is -2.36. The number of piperazine rings is 1. The largest absolute Gasteiger partial charge is 0.497 e. The van der Waals surface area contributed by atoms with Gasteiger partial charge in [0.25, 0.3) is 0 Å². The Balaban J connectivity index is 1.25. The highest BCUT2D eigenvalue weighted by atomic mass is 32.2. The van der Waals surface area contributed by atoms with Gasteiger partial charge in [0.05, 0.1) is 12.8 Å². The van der Waals surface area contributed by atoms with E-state index in [1.165, 1.54) is 28.6 Å². The third-order valence-electron chi connectivity index (χ3n) is 5.11. The first-order valence-corrected chi connectivity index (χ1v) is 11.0. The maximum absolute atomic E-state index is 13.5. The standard InChI is InChI=1S/C21H23FN6O2S/c1-30-19-7-5-17(6-8-19)26-10-12-27(13-11-26)20(29)9-14-31-21-23-24-25-28(21)18-4-2-3-16(22)15-18/h2-8,15H,9-14H2,1H3. The number of carbonyl (C=O) groups is 1. The maximum Gasteiger partial charge on any atom is 0.223 e. The van der Waals surface area contributed by atoms with Crippen molar-refractivity contribution in [2.24, 2.45) is 0 Å². The van der Waals surface area contributed by atoms with Crippen LogP contribution in [0.2, 0.25) is 0 Å². The first kappa shape index (κ1) is 21.1. The zero-order valence-electron chi connectivity index (χ0n) is 17.1. The van der Waals surface area contributed by atoms with Crippen LogP contribution in [0.25, 0.3) is 5.69 Å². The number of anilines is 1. The van der Waals surface area contributed by atoms with E-state index in [0.29, 0.717) is 36.1 Å². The van der Waals surface area contributed by atoms with Gasteiger partial charge in [0.1, 0.15) is 11.6 Å². The number of ether oxygens (including phenoxy) is 1. The lowest BCUT2D eigenvalue weighted by atomic mass is 10.2. The molecule has 0 radical (unpaired) electrons. The van der Waals surface area contributed by atoms with Crippen LogP contribution in [-0.2, 0) is 4.79 Å². The van der Waals surface area contributed by atoms with Gasteiger partial charge in [-0.15, -0.1) is 5.10 Å². The summed E-state index contributed by atoms with van der Waals surface area (Å²) < 4.78 is 20.2. The second-order valence-electron chi connectivity index (χ2n) is 7.02. The van der Waals surface area contributed by atoms with Crippen LogP contribution in [0.15, 0.2) is 53.7 Å². The third kappa shape index (κ3) is 5.13. The molecule has 1 fully saturated rings. The number of tetrazole rings is 1. The van der Waals surface area contributed by atoms with Crippen LogP contribution in [0, 0.1) is 5.82 Å². The molecule has 1 aliphatic heterocycles. The van der Waals surface area contributed by atoms with Crippen LogP contribution in [0.4, 0.5) is 10.1 Å². The smallest absolute Gasteiger partial charge is 0.223 e. The number of methoxy groups -OCH3 is 1. The molecule has 0 bridgehead atoms. The predicted molar refractivity (Wildman–Crippen MR) is 116 cm³/mol. The summed E-state index contributed by atoms with van der Waals surface area (Å²) in [5, 5.41) is 12.1. The summed E-state index contributed by atoms with van der Waals surface area (Å²) in [6, 6.07) is 14.0. The van der Waals surface area contributed by atoms with E-state index >= 15 is 0 Å². The van der Waals surface area contributed by atoms with E-state index in [0.717, 1.165) is 24.5 Å². The Labute approximate surface area is 184 Å². The number of benzene rings is 2. The molecule has 0 atom stereocenters. The van der Waals surface area contributed by atoms with Crippen LogP contribution < -0.4 is 9.64 Å². The Morgan fingerprint density at radius 2 is 1.87 bits per heavy atom. The number of aromatic nitrogens is 4. The molecule has 1 amide bonds. The van der Waals surface area contributed by atoms with Crippen molar-refractivity contribution in [1.29, 1.82) is 0 Å². The summed E-state index contributed by atoms with van der Waals surface area (Å²) in [6.07, 6.45) is 0.392. The molecular formula is C21H23FN6O2S. The maximum atomic E-state index is 13.5. The van der Waals surface area contributed by atoms with Crippen molar-refractivity contribution in [1.82, 2.24) is 25.1 Å². The average Bonchev–Trinajstić information content (AvgIpc) is 3.28. The van der Waals surface area contributed by atoms with E-state index in [1.807, 2.05) is 29.2 Å². The number of halogens is 1. The number of rotatable bonds is 7. The molecular weight excluding hydrogens is 419 g/mol. The highest BCUT2D eigenvalue weighted by Gasteiger charge is 2.21. The predicted octanol–water partition coefficient (Wildman–Crippen LogP) is 2.64. The van der Waals surface area contributed by atoms with Gasteiger partial charge in [0, 0.05) is 44.0 Å². The van der Waals surface area contributed by atoms with E-state index in [2.05, 4.69) is 20.4 Å². The number of hydrogen-bond acceptors (Lipinski definition) is 7. The fraction of sp³-hybridized carbons (Fsp3) is 0.333. The van der Waals surface area contributed by atoms with Gasteiger partial charge in [-0.25, -0.2) is 4.39 Å². The van der Waals surface area contributed by atoms with Crippen molar-refractivity contribution in [2.75, 3.05) is 43.9 Å². The Hall–Kier alpha value is -3.14. The second kappa shape index (κ2) is 9.78. The lowest BCUT2D eigenvalue weighted by Crippen LogP contribution is -2.48. The average molecular weight is 443 g/mol. The topological polar surface area (TPSA) is 76.4 Å². The molecule has 4 rings (SSSR count). The van der Waals surface area contributed by atoms with Crippen LogP contribution in [0.3, 0.4) is 0 Å². The molecule has 3 aromatic rings. The Morgan fingerprint density at radius 1 is 1.10 bits per heavy atom. The van der Waals surface area contributed by atoms with Crippen LogP contribution in [0.1, 0.15) is 6.42 Å². The summed E-state index contributed by atoms with van der Waals surface area (Å²) in [6.45, 7) is 2.97. The Bertz CT molecular complexity index is 1020. The number of hydrogen-bond donors (Lipinski definition) is 0. The molecule has 162 valence electrons. The van der Waals surface area contributed by atoms with E-state index < -0.39 is 0 Å². The summed E-state index contributed by atoms with van der Waals surface area (Å²) in [5.41, 5.74) is 1.68. The first-order chi connectivity index (χ1) is 15.1. The molecule has 2 heterocycles. The van der Waals surface area contributed by atoms with Gasteiger partial charge in [0.2, 0.25) is 11.1 Å². The summed E-state index contributed by atoms with van der Waals surface area (Å²) in [7, 11) is 1.65. The monoisotopic (exact) mass is 442 g/mol. The molecule has 0 spiro atoms. The van der Waals surface area contributed by atoms with Gasteiger partial charge in [-0.05, 0) is 52.9 Å². The summed E-state index contributed by atoms with van der Waals surface area (Å²) >= 11 is 1.38. The van der Waals surface area contributed by atoms with Crippen molar-refractivity contribution in [2.45, 2.75) is 11.6 Å². The lowest BCUT2D eigenvalue weighted by molar-refractivity contribution is -0.131. The highest BCUT2D eigenvalue weighted by Crippen LogP contribution is 2.22. The minimum absolute atomic E-state index is 0.117. The minimum atomic E-state index is -0.354. The van der Waals surface area contributed by atoms with Crippen molar-refractivity contribution in [3.8, 4) is 11.4 Å². The molecule has 10 heteroatoms. The number of nitrogens with zero attached hydrogens (tertiary/aromatic N) is 6. The first-order valence-electron chi connectivity index (χ1n) is 9.98. The van der Waals surface area contributed by atoms with Gasteiger partial charge < -0.3 is 14.5 Å². The van der Waals surface area contributed by atoms with E-state index in [4.69, 9.17) is 4.74 Å². The molecule has 1 saturated heterocycles. The number of amides is 1. The molecule has 0 aliphatic carbocycles. The van der Waals surface area contributed by atoms with E-state index in [-0.39, 0.29) is 11.7 Å². The van der Waals surface area contributed by atoms with Gasteiger partial charge >= 0.3 is 0 Å². The van der Waals surface area contributed by atoms with Gasteiger partial charge in [-0.1, -0.05) is 17.8 Å². The molecule has 0 N–H and O–H groups in total. The quantitative estimate of drug-likeness (QED) is 0.521. The van der Waals surface area contributed by atoms with Crippen molar-refractivity contribution < 1.29 is 13.9 Å². The van der Waals surface area contributed by atoms with Gasteiger partial charge in [-0.3, -0.25) is 4.79 Å². The fourth-order valence-electron chi connectivity index (χ4n) is 3.43. The highest BCUT2D eigenvalue weighted by molar-refractivity contribution is 7.99. The van der Waals surface area contributed by atoms with Crippen LogP contribution in [0.5, 0.6) is 5.75 Å². The van der Waals surface area contributed by atoms with Crippen molar-refractivity contribution in [3.05, 3.63) is 54.3 Å². The molecule has 1 aromatic heterocycles.